The van der Waals surface area contributed by atoms with Crippen LogP contribution in [0.5, 0.6) is 0 Å². The fraction of sp³-hybridized carbons (Fsp3) is 0.630. The van der Waals surface area contributed by atoms with Crippen LogP contribution in [0.25, 0.3) is 10.9 Å². The normalized spacial score (nSPS) is 20.5. The Kier molecular flexibility index (Phi) is 7.47. The van der Waals surface area contributed by atoms with E-state index in [-0.39, 0.29) is 23.6 Å². The van der Waals surface area contributed by atoms with Gasteiger partial charge in [-0.1, -0.05) is 58.2 Å². The number of amides is 3. The summed E-state index contributed by atoms with van der Waals surface area (Å²) in [6.07, 6.45) is 7.59. The molecule has 2 heterocycles. The molecule has 1 saturated heterocycles. The largest absolute Gasteiger partial charge is 0.369 e. The quantitative estimate of drug-likeness (QED) is 0.658. The molecule has 1 aliphatic heterocycles. The number of rotatable bonds is 6. The molecule has 3 N–H and O–H groups in total. The van der Waals surface area contributed by atoms with Crippen LogP contribution in [0.3, 0.4) is 0 Å². The highest BCUT2D eigenvalue weighted by molar-refractivity contribution is 6.06. The molecule has 1 aromatic heterocycles. The van der Waals surface area contributed by atoms with E-state index in [0.29, 0.717) is 31.1 Å². The van der Waals surface area contributed by atoms with Gasteiger partial charge < -0.3 is 16.0 Å². The first-order chi connectivity index (χ1) is 16.6. The van der Waals surface area contributed by atoms with Crippen molar-refractivity contribution in [1.82, 2.24) is 20.0 Å². The van der Waals surface area contributed by atoms with E-state index in [1.807, 2.05) is 49.7 Å². The van der Waals surface area contributed by atoms with Gasteiger partial charge in [0, 0.05) is 25.0 Å². The monoisotopic (exact) mass is 481 g/mol. The molecule has 4 rings (SSSR count). The Morgan fingerprint density at radius 2 is 1.80 bits per heavy atom. The van der Waals surface area contributed by atoms with Gasteiger partial charge in [0.25, 0.3) is 5.91 Å². The van der Waals surface area contributed by atoms with Gasteiger partial charge in [0.05, 0.1) is 11.4 Å². The van der Waals surface area contributed by atoms with Crippen molar-refractivity contribution in [2.24, 2.45) is 23.0 Å². The number of fused-ring (bicyclic) bond motifs is 1. The molecule has 1 saturated carbocycles. The van der Waals surface area contributed by atoms with Gasteiger partial charge in [-0.25, -0.2) is 0 Å². The summed E-state index contributed by atoms with van der Waals surface area (Å²) in [6.45, 7) is 7.47. The predicted molar refractivity (Wildman–Crippen MR) is 136 cm³/mol. The number of carbonyl (C=O) groups excluding carboxylic acids is 3. The summed E-state index contributed by atoms with van der Waals surface area (Å²) in [5, 5.41) is 8.54. The number of hydrogen-bond acceptors (Lipinski definition) is 4. The second kappa shape index (κ2) is 10.4. The molecule has 35 heavy (non-hydrogen) atoms. The number of nitrogens with zero attached hydrogens (tertiary/aromatic N) is 3. The van der Waals surface area contributed by atoms with Crippen LogP contribution < -0.4 is 11.1 Å². The maximum Gasteiger partial charge on any atom is 0.273 e. The fourth-order valence-corrected chi connectivity index (χ4v) is 5.49. The van der Waals surface area contributed by atoms with E-state index in [1.54, 1.807) is 4.90 Å². The van der Waals surface area contributed by atoms with Crippen molar-refractivity contribution in [1.29, 1.82) is 0 Å². The zero-order valence-corrected chi connectivity index (χ0v) is 21.3. The molecule has 2 aliphatic rings. The lowest BCUT2D eigenvalue weighted by molar-refractivity contribution is -0.139. The molecular formula is C27H39N5O3. The standard InChI is InChI=1S/C27H39N5O3/c1-27(2,3)23(26(35)31-15-9-12-19(17-31)24(28)33)29-25(34)22-20-13-7-8-14-21(20)32(30-22)16-18-10-5-4-6-11-18/h7-8,13-14,18-19,23H,4-6,9-12,15-17H2,1-3H3,(H2,28,33)(H,29,34)/t19?,23-/m1/s1. The molecule has 0 spiro atoms. The summed E-state index contributed by atoms with van der Waals surface area (Å²) >= 11 is 0. The molecule has 1 aliphatic carbocycles. The highest BCUT2D eigenvalue weighted by Gasteiger charge is 2.38. The molecule has 2 atom stereocenters. The molecule has 3 amide bonds. The first kappa shape index (κ1) is 25.2. The summed E-state index contributed by atoms with van der Waals surface area (Å²) in [7, 11) is 0. The second-order valence-corrected chi connectivity index (χ2v) is 11.4. The molecule has 1 unspecified atom stereocenters. The number of piperidine rings is 1. The number of carbonyl (C=O) groups is 3. The number of primary amides is 1. The molecule has 0 radical (unpaired) electrons. The van der Waals surface area contributed by atoms with Crippen molar-refractivity contribution < 1.29 is 14.4 Å². The average Bonchev–Trinajstić information content (AvgIpc) is 3.20. The Hall–Kier alpha value is -2.90. The van der Waals surface area contributed by atoms with Gasteiger partial charge in [0.1, 0.15) is 6.04 Å². The lowest BCUT2D eigenvalue weighted by atomic mass is 9.84. The molecule has 2 fully saturated rings. The molecule has 190 valence electrons. The second-order valence-electron chi connectivity index (χ2n) is 11.4. The zero-order chi connectivity index (χ0) is 25.2. The average molecular weight is 482 g/mol. The Morgan fingerprint density at radius 3 is 2.49 bits per heavy atom. The van der Waals surface area contributed by atoms with Crippen LogP contribution in [0.4, 0.5) is 0 Å². The van der Waals surface area contributed by atoms with Gasteiger partial charge in [0.2, 0.25) is 11.8 Å². The highest BCUT2D eigenvalue weighted by Crippen LogP contribution is 2.28. The maximum atomic E-state index is 13.5. The van der Waals surface area contributed by atoms with Gasteiger partial charge in [-0.15, -0.1) is 0 Å². The van der Waals surface area contributed by atoms with E-state index in [0.717, 1.165) is 23.9 Å². The van der Waals surface area contributed by atoms with Crippen LogP contribution in [-0.4, -0.2) is 51.5 Å². The Bertz CT molecular complexity index is 1080. The van der Waals surface area contributed by atoms with Crippen LogP contribution in [0.15, 0.2) is 24.3 Å². The summed E-state index contributed by atoms with van der Waals surface area (Å²) in [4.78, 5) is 40.5. The van der Waals surface area contributed by atoms with E-state index in [1.165, 1.54) is 32.1 Å². The van der Waals surface area contributed by atoms with Crippen molar-refractivity contribution in [3.63, 3.8) is 0 Å². The third-order valence-corrected chi connectivity index (χ3v) is 7.55. The summed E-state index contributed by atoms with van der Waals surface area (Å²) in [5.74, 6) is -0.676. The van der Waals surface area contributed by atoms with Crippen molar-refractivity contribution in [3.8, 4) is 0 Å². The SMILES string of the molecule is CC(C)(C)[C@H](NC(=O)c1nn(CC2CCCCC2)c2ccccc12)C(=O)N1CCCC(C(N)=O)C1. The Labute approximate surface area is 207 Å². The van der Waals surface area contributed by atoms with E-state index in [4.69, 9.17) is 10.8 Å². The van der Waals surface area contributed by atoms with E-state index < -0.39 is 11.5 Å². The molecule has 0 bridgehead atoms. The number of likely N-dealkylation sites (tertiary alicyclic amines) is 1. The zero-order valence-electron chi connectivity index (χ0n) is 21.3. The van der Waals surface area contributed by atoms with Crippen molar-refractivity contribution in [2.75, 3.05) is 13.1 Å². The van der Waals surface area contributed by atoms with E-state index in [9.17, 15) is 14.4 Å². The number of nitrogens with two attached hydrogens (primary N) is 1. The number of para-hydroxylation sites is 1. The van der Waals surface area contributed by atoms with Crippen LogP contribution in [0.1, 0.15) is 76.2 Å². The minimum atomic E-state index is -0.746. The lowest BCUT2D eigenvalue weighted by Gasteiger charge is -2.38. The topological polar surface area (TPSA) is 110 Å². The predicted octanol–water partition coefficient (Wildman–Crippen LogP) is 3.49. The lowest BCUT2D eigenvalue weighted by Crippen LogP contribution is -2.57. The maximum absolute atomic E-state index is 13.5. The van der Waals surface area contributed by atoms with Gasteiger partial charge in [0.15, 0.2) is 5.69 Å². The summed E-state index contributed by atoms with van der Waals surface area (Å²) in [6, 6.07) is 7.06. The third kappa shape index (κ3) is 5.68. The van der Waals surface area contributed by atoms with Crippen molar-refractivity contribution >= 4 is 28.6 Å². The molecule has 2 aromatic rings. The van der Waals surface area contributed by atoms with Crippen LogP contribution in [-0.2, 0) is 16.1 Å². The van der Waals surface area contributed by atoms with Gasteiger partial charge >= 0.3 is 0 Å². The van der Waals surface area contributed by atoms with E-state index in [2.05, 4.69) is 5.32 Å². The van der Waals surface area contributed by atoms with Gasteiger partial charge in [-0.05, 0) is 43.1 Å². The Morgan fingerprint density at radius 1 is 1.09 bits per heavy atom. The number of hydrogen-bond donors (Lipinski definition) is 2. The number of aromatic nitrogens is 2. The van der Waals surface area contributed by atoms with Crippen LogP contribution >= 0.6 is 0 Å². The Balaban J connectivity index is 1.57. The number of benzene rings is 1. The van der Waals surface area contributed by atoms with Crippen LogP contribution in [0, 0.1) is 17.3 Å². The molecular weight excluding hydrogens is 442 g/mol. The first-order valence-corrected chi connectivity index (χ1v) is 13.0. The third-order valence-electron chi connectivity index (χ3n) is 7.55. The van der Waals surface area contributed by atoms with Crippen molar-refractivity contribution in [2.45, 2.75) is 78.3 Å². The van der Waals surface area contributed by atoms with E-state index >= 15 is 0 Å². The molecule has 8 heteroatoms. The fourth-order valence-electron chi connectivity index (χ4n) is 5.49. The number of nitrogens with one attached hydrogen (secondary N) is 1. The summed E-state index contributed by atoms with van der Waals surface area (Å²) < 4.78 is 1.97. The highest BCUT2D eigenvalue weighted by atomic mass is 16.2. The summed E-state index contributed by atoms with van der Waals surface area (Å²) in [5.41, 5.74) is 6.29. The minimum Gasteiger partial charge on any atom is -0.369 e. The van der Waals surface area contributed by atoms with Gasteiger partial charge in [-0.3, -0.25) is 19.1 Å². The molecule has 1 aromatic carbocycles. The minimum absolute atomic E-state index is 0.178. The first-order valence-electron chi connectivity index (χ1n) is 13.0. The smallest absolute Gasteiger partial charge is 0.273 e. The van der Waals surface area contributed by atoms with Crippen molar-refractivity contribution in [3.05, 3.63) is 30.0 Å². The van der Waals surface area contributed by atoms with Gasteiger partial charge in [-0.2, -0.15) is 5.10 Å². The van der Waals surface area contributed by atoms with Crippen LogP contribution in [0.2, 0.25) is 0 Å². The molecule has 8 nitrogen and oxygen atoms in total.